The van der Waals surface area contributed by atoms with E-state index in [1.807, 2.05) is 0 Å². The van der Waals surface area contributed by atoms with Gasteiger partial charge in [-0.1, -0.05) is 12.8 Å². The van der Waals surface area contributed by atoms with Gasteiger partial charge in [0, 0.05) is 6.04 Å². The van der Waals surface area contributed by atoms with Crippen LogP contribution < -0.4 is 0 Å². The predicted octanol–water partition coefficient (Wildman–Crippen LogP) is 2.95. The van der Waals surface area contributed by atoms with E-state index in [0.717, 1.165) is 18.3 Å². The molecule has 0 aromatic rings. The Balaban J connectivity index is 1.53. The van der Waals surface area contributed by atoms with Crippen molar-refractivity contribution in [3.05, 3.63) is 0 Å². The van der Waals surface area contributed by atoms with E-state index in [1.165, 1.54) is 64.5 Å². The summed E-state index contributed by atoms with van der Waals surface area (Å²) in [4.78, 5) is 2.69. The van der Waals surface area contributed by atoms with Crippen LogP contribution in [-0.4, -0.2) is 35.2 Å². The van der Waals surface area contributed by atoms with Crippen molar-refractivity contribution in [1.82, 2.24) is 4.90 Å². The second-order valence-corrected chi connectivity index (χ2v) is 6.72. The maximum Gasteiger partial charge on any atom is 0.0555 e. The van der Waals surface area contributed by atoms with Crippen molar-refractivity contribution in [2.24, 2.45) is 5.41 Å². The molecule has 0 radical (unpaired) electrons. The van der Waals surface area contributed by atoms with Crippen molar-refractivity contribution >= 4 is 0 Å². The van der Waals surface area contributed by atoms with Gasteiger partial charge in [-0.05, 0) is 69.9 Å². The highest BCUT2D eigenvalue weighted by molar-refractivity contribution is 4.92. The molecular weight excluding hydrogens is 210 g/mol. The summed E-state index contributed by atoms with van der Waals surface area (Å²) in [6, 6.07) is 0.692. The van der Waals surface area contributed by atoms with Crippen molar-refractivity contribution in [3.8, 4) is 0 Å². The number of hydrogen-bond donors (Lipinski definition) is 1. The van der Waals surface area contributed by atoms with Gasteiger partial charge in [0.05, 0.1) is 6.10 Å². The lowest BCUT2D eigenvalue weighted by atomic mass is 9.76. The first-order chi connectivity index (χ1) is 8.27. The molecule has 17 heavy (non-hydrogen) atoms. The Kier molecular flexibility index (Phi) is 3.45. The van der Waals surface area contributed by atoms with Crippen LogP contribution in [-0.2, 0) is 0 Å². The molecule has 3 fully saturated rings. The minimum Gasteiger partial charge on any atom is -0.393 e. The van der Waals surface area contributed by atoms with E-state index in [2.05, 4.69) is 4.90 Å². The highest BCUT2D eigenvalue weighted by atomic mass is 16.3. The summed E-state index contributed by atoms with van der Waals surface area (Å²) in [5.74, 6) is 0. The van der Waals surface area contributed by atoms with Gasteiger partial charge in [0.25, 0.3) is 0 Å². The van der Waals surface area contributed by atoms with Gasteiger partial charge in [0.2, 0.25) is 0 Å². The highest BCUT2D eigenvalue weighted by Gasteiger charge is 2.38. The molecule has 0 aromatic carbocycles. The minimum atomic E-state index is -0.0175. The Hall–Kier alpha value is -0.0800. The fraction of sp³-hybridized carbons (Fsp3) is 1.00. The van der Waals surface area contributed by atoms with E-state index in [4.69, 9.17) is 0 Å². The zero-order valence-electron chi connectivity index (χ0n) is 11.0. The molecule has 3 rings (SSSR count). The van der Waals surface area contributed by atoms with E-state index in [1.54, 1.807) is 0 Å². The molecule has 3 aliphatic rings. The van der Waals surface area contributed by atoms with Gasteiger partial charge in [-0.25, -0.2) is 0 Å². The maximum absolute atomic E-state index is 9.79. The molecule has 2 heteroatoms. The van der Waals surface area contributed by atoms with Crippen molar-refractivity contribution < 1.29 is 5.11 Å². The van der Waals surface area contributed by atoms with Gasteiger partial charge < -0.3 is 10.0 Å². The predicted molar refractivity (Wildman–Crippen MR) is 70.0 cm³/mol. The summed E-state index contributed by atoms with van der Waals surface area (Å²) in [6.45, 7) is 2.61. The number of likely N-dealkylation sites (tertiary alicyclic amines) is 1. The Morgan fingerprint density at radius 3 is 2.24 bits per heavy atom. The van der Waals surface area contributed by atoms with Crippen LogP contribution in [0.5, 0.6) is 0 Å². The number of nitrogens with zero attached hydrogens (tertiary/aromatic N) is 1. The summed E-state index contributed by atoms with van der Waals surface area (Å²) < 4.78 is 0. The molecule has 2 aliphatic carbocycles. The molecule has 0 aromatic heterocycles. The van der Waals surface area contributed by atoms with E-state index in [9.17, 15) is 5.11 Å². The number of aliphatic hydroxyl groups excluding tert-OH is 1. The number of aliphatic hydroxyl groups is 1. The van der Waals surface area contributed by atoms with Crippen LogP contribution in [0.25, 0.3) is 0 Å². The molecule has 1 heterocycles. The standard InChI is InChI=1S/C15H27NO/c17-14-5-3-4-13(12-14)16-10-8-15(9-11-16)6-1-2-7-15/h13-14,17H,1-12H2. The van der Waals surface area contributed by atoms with Gasteiger partial charge in [0.1, 0.15) is 0 Å². The minimum absolute atomic E-state index is 0.0175. The van der Waals surface area contributed by atoms with Crippen molar-refractivity contribution in [2.45, 2.75) is 76.4 Å². The van der Waals surface area contributed by atoms with Gasteiger partial charge >= 0.3 is 0 Å². The Bertz CT molecular complexity index is 250. The van der Waals surface area contributed by atoms with Crippen LogP contribution >= 0.6 is 0 Å². The summed E-state index contributed by atoms with van der Waals surface area (Å²) in [5.41, 5.74) is 0.740. The average Bonchev–Trinajstić information content (AvgIpc) is 2.79. The molecule has 2 saturated carbocycles. The van der Waals surface area contributed by atoms with E-state index < -0.39 is 0 Å². The Labute approximate surface area is 105 Å². The van der Waals surface area contributed by atoms with Crippen molar-refractivity contribution in [1.29, 1.82) is 0 Å². The lowest BCUT2D eigenvalue weighted by Gasteiger charge is -2.44. The third-order valence-electron chi connectivity index (χ3n) is 5.66. The fourth-order valence-electron chi connectivity index (χ4n) is 4.46. The molecule has 0 bridgehead atoms. The molecule has 0 amide bonds. The lowest BCUT2D eigenvalue weighted by Crippen LogP contribution is -2.46. The largest absolute Gasteiger partial charge is 0.393 e. The molecule has 2 unspecified atom stereocenters. The molecule has 1 saturated heterocycles. The fourth-order valence-corrected chi connectivity index (χ4v) is 4.46. The lowest BCUT2D eigenvalue weighted by molar-refractivity contribution is 0.0244. The molecule has 1 N–H and O–H groups in total. The van der Waals surface area contributed by atoms with Crippen LogP contribution in [0.2, 0.25) is 0 Å². The number of rotatable bonds is 1. The first kappa shape index (κ1) is 12.0. The first-order valence-corrected chi connectivity index (χ1v) is 7.70. The SMILES string of the molecule is OC1CCCC(N2CCC3(CCCC3)CC2)C1. The quantitative estimate of drug-likeness (QED) is 0.758. The van der Waals surface area contributed by atoms with Crippen LogP contribution in [0.15, 0.2) is 0 Å². The zero-order chi connectivity index (χ0) is 11.7. The summed E-state index contributed by atoms with van der Waals surface area (Å²) in [5, 5.41) is 9.79. The zero-order valence-corrected chi connectivity index (χ0v) is 11.0. The third kappa shape index (κ3) is 2.53. The molecule has 2 nitrogen and oxygen atoms in total. The van der Waals surface area contributed by atoms with Gasteiger partial charge in [0.15, 0.2) is 0 Å². The summed E-state index contributed by atoms with van der Waals surface area (Å²) >= 11 is 0. The Morgan fingerprint density at radius 2 is 1.59 bits per heavy atom. The van der Waals surface area contributed by atoms with Crippen LogP contribution in [0, 0.1) is 5.41 Å². The second kappa shape index (κ2) is 4.89. The Morgan fingerprint density at radius 1 is 0.882 bits per heavy atom. The molecule has 1 aliphatic heterocycles. The van der Waals surface area contributed by atoms with E-state index in [-0.39, 0.29) is 6.10 Å². The van der Waals surface area contributed by atoms with Gasteiger partial charge in [-0.15, -0.1) is 0 Å². The highest BCUT2D eigenvalue weighted by Crippen LogP contribution is 2.46. The molecular formula is C15H27NO. The first-order valence-electron chi connectivity index (χ1n) is 7.70. The van der Waals surface area contributed by atoms with Crippen molar-refractivity contribution in [3.63, 3.8) is 0 Å². The van der Waals surface area contributed by atoms with Crippen LogP contribution in [0.3, 0.4) is 0 Å². The number of hydrogen-bond acceptors (Lipinski definition) is 2. The average molecular weight is 237 g/mol. The number of piperidine rings is 1. The smallest absolute Gasteiger partial charge is 0.0555 e. The topological polar surface area (TPSA) is 23.5 Å². The van der Waals surface area contributed by atoms with Gasteiger partial charge in [-0.2, -0.15) is 0 Å². The van der Waals surface area contributed by atoms with Crippen LogP contribution in [0.1, 0.15) is 64.2 Å². The molecule has 98 valence electrons. The van der Waals surface area contributed by atoms with Crippen LogP contribution in [0.4, 0.5) is 0 Å². The maximum atomic E-state index is 9.79. The van der Waals surface area contributed by atoms with E-state index in [0.29, 0.717) is 6.04 Å². The van der Waals surface area contributed by atoms with Crippen molar-refractivity contribution in [2.75, 3.05) is 13.1 Å². The molecule has 1 spiro atoms. The summed E-state index contributed by atoms with van der Waals surface area (Å²) in [7, 11) is 0. The van der Waals surface area contributed by atoms with E-state index >= 15 is 0 Å². The second-order valence-electron chi connectivity index (χ2n) is 6.72. The normalized spacial score (nSPS) is 38.6. The monoisotopic (exact) mass is 237 g/mol. The summed E-state index contributed by atoms with van der Waals surface area (Å²) in [6.07, 6.45) is 13.4. The third-order valence-corrected chi connectivity index (χ3v) is 5.66. The molecule has 2 atom stereocenters. The van der Waals surface area contributed by atoms with Gasteiger partial charge in [-0.3, -0.25) is 0 Å².